The Labute approximate surface area is 227 Å². The number of benzene rings is 4. The van der Waals surface area contributed by atoms with Gasteiger partial charge in [-0.05, 0) is 48.2 Å². The van der Waals surface area contributed by atoms with Crippen molar-refractivity contribution in [2.75, 3.05) is 0 Å². The lowest BCUT2D eigenvalue weighted by Crippen LogP contribution is -2.15. The predicted octanol–water partition coefficient (Wildman–Crippen LogP) is 6.90. The van der Waals surface area contributed by atoms with E-state index >= 15 is 0 Å². The first-order valence-electron chi connectivity index (χ1n) is 12.9. The number of hydrogen-bond donors (Lipinski definition) is 2. The van der Waals surface area contributed by atoms with Crippen LogP contribution in [0.5, 0.6) is 11.5 Å². The van der Waals surface area contributed by atoms with Crippen molar-refractivity contribution in [2.24, 2.45) is 0 Å². The van der Waals surface area contributed by atoms with E-state index in [-0.39, 0.29) is 0 Å². The standard InChI is InChI=1S/C32H34O5S/c1-3-25(33)31-27(36-21-23-13-7-5-8-14-23)17-11-19-29(31)38(35)30-20-12-18-28(32(30)26(34)4-2)37-22-24-15-9-6-10-16-24/h5-20,25-26,33-34H,3-4,21-22H2,1-2H3/t25-,26-/m0/s1. The van der Waals surface area contributed by atoms with Gasteiger partial charge in [0, 0.05) is 11.2 Å². The Kier molecular flexibility index (Phi) is 9.85. The third-order valence-electron chi connectivity index (χ3n) is 6.37. The van der Waals surface area contributed by atoms with Gasteiger partial charge in [-0.15, -0.1) is 0 Å². The van der Waals surface area contributed by atoms with Crippen LogP contribution in [0.4, 0.5) is 0 Å². The van der Waals surface area contributed by atoms with Crippen molar-refractivity contribution in [3.63, 3.8) is 0 Å². The second-order valence-corrected chi connectivity index (χ2v) is 10.4. The minimum absolute atomic E-state index is 0.322. The molecule has 0 saturated heterocycles. The fourth-order valence-corrected chi connectivity index (χ4v) is 5.79. The highest BCUT2D eigenvalue weighted by atomic mass is 32.2. The molecule has 0 bridgehead atoms. The fraction of sp³-hybridized carbons (Fsp3) is 0.250. The molecule has 198 valence electrons. The molecular weight excluding hydrogens is 496 g/mol. The number of rotatable bonds is 12. The van der Waals surface area contributed by atoms with Crippen LogP contribution in [-0.4, -0.2) is 14.8 Å². The summed E-state index contributed by atoms with van der Waals surface area (Å²) in [6.07, 6.45) is -0.864. The highest BCUT2D eigenvalue weighted by Gasteiger charge is 2.31. The SMILES string of the molecule is CC[C@H](O)c1c(OCc2ccccc2)cccc1[S+]([O-])c1cccc(OCc2ccccc2)c1[C@@H](O)CC. The van der Waals surface area contributed by atoms with Crippen molar-refractivity contribution in [2.45, 2.75) is 61.9 Å². The number of ether oxygens (including phenoxy) is 2. The number of aliphatic hydroxyl groups is 2. The molecule has 6 heteroatoms. The van der Waals surface area contributed by atoms with Crippen LogP contribution in [0.25, 0.3) is 0 Å². The smallest absolute Gasteiger partial charge is 0.168 e. The number of aliphatic hydroxyl groups excluding tert-OH is 2. The van der Waals surface area contributed by atoms with Gasteiger partial charge >= 0.3 is 0 Å². The summed E-state index contributed by atoms with van der Waals surface area (Å²) in [5.74, 6) is 0.978. The van der Waals surface area contributed by atoms with Crippen molar-refractivity contribution < 1.29 is 24.2 Å². The van der Waals surface area contributed by atoms with E-state index in [0.717, 1.165) is 11.1 Å². The van der Waals surface area contributed by atoms with Gasteiger partial charge in [-0.2, -0.15) is 0 Å². The van der Waals surface area contributed by atoms with E-state index in [0.29, 0.717) is 58.5 Å². The summed E-state index contributed by atoms with van der Waals surface area (Å²) in [6, 6.07) is 30.2. The van der Waals surface area contributed by atoms with Crippen LogP contribution in [0.1, 0.15) is 61.2 Å². The molecule has 0 aromatic heterocycles. The lowest BCUT2D eigenvalue weighted by atomic mass is 10.1. The third-order valence-corrected chi connectivity index (χ3v) is 7.88. The quantitative estimate of drug-likeness (QED) is 0.195. The Morgan fingerprint density at radius 1 is 0.605 bits per heavy atom. The summed E-state index contributed by atoms with van der Waals surface area (Å²) >= 11 is -1.71. The summed E-state index contributed by atoms with van der Waals surface area (Å²) in [6.45, 7) is 4.39. The molecule has 5 nitrogen and oxygen atoms in total. The lowest BCUT2D eigenvalue weighted by molar-refractivity contribution is 0.162. The van der Waals surface area contributed by atoms with Gasteiger partial charge in [-0.3, -0.25) is 0 Å². The second kappa shape index (κ2) is 13.5. The largest absolute Gasteiger partial charge is 0.606 e. The molecule has 0 aliphatic carbocycles. The van der Waals surface area contributed by atoms with Gasteiger partial charge in [-0.25, -0.2) is 0 Å². The predicted molar refractivity (Wildman–Crippen MR) is 150 cm³/mol. The van der Waals surface area contributed by atoms with Crippen LogP contribution in [0.2, 0.25) is 0 Å². The summed E-state index contributed by atoms with van der Waals surface area (Å²) < 4.78 is 26.4. The normalized spacial score (nSPS) is 12.8. The monoisotopic (exact) mass is 530 g/mol. The zero-order chi connectivity index (χ0) is 26.9. The van der Waals surface area contributed by atoms with E-state index < -0.39 is 23.4 Å². The number of hydrogen-bond acceptors (Lipinski definition) is 5. The highest BCUT2D eigenvalue weighted by molar-refractivity contribution is 7.91. The van der Waals surface area contributed by atoms with Gasteiger partial charge in [0.05, 0.1) is 23.3 Å². The zero-order valence-corrected chi connectivity index (χ0v) is 22.6. The van der Waals surface area contributed by atoms with Crippen LogP contribution in [0, 0.1) is 0 Å². The Hall–Kier alpha value is -3.29. The van der Waals surface area contributed by atoms with E-state index in [4.69, 9.17) is 9.47 Å². The van der Waals surface area contributed by atoms with Gasteiger partial charge in [0.1, 0.15) is 24.7 Å². The average Bonchev–Trinajstić information content (AvgIpc) is 2.98. The van der Waals surface area contributed by atoms with Gasteiger partial charge < -0.3 is 24.2 Å². The van der Waals surface area contributed by atoms with Crippen LogP contribution >= 0.6 is 0 Å². The van der Waals surface area contributed by atoms with E-state index in [1.807, 2.05) is 74.5 Å². The van der Waals surface area contributed by atoms with E-state index in [2.05, 4.69) is 0 Å². The van der Waals surface area contributed by atoms with E-state index in [1.165, 1.54) is 0 Å². The van der Waals surface area contributed by atoms with Crippen molar-refractivity contribution in [3.05, 3.63) is 119 Å². The lowest BCUT2D eigenvalue weighted by Gasteiger charge is -2.23. The molecule has 0 unspecified atom stereocenters. The van der Waals surface area contributed by atoms with Gasteiger partial charge in [-0.1, -0.05) is 86.6 Å². The molecule has 0 saturated carbocycles. The molecular formula is C32H34O5S. The molecule has 4 aromatic carbocycles. The highest BCUT2D eigenvalue weighted by Crippen LogP contribution is 2.41. The molecule has 4 aromatic rings. The van der Waals surface area contributed by atoms with E-state index in [9.17, 15) is 14.8 Å². The Morgan fingerprint density at radius 2 is 1.00 bits per heavy atom. The molecule has 0 aliphatic heterocycles. The maximum absolute atomic E-state index is 14.2. The van der Waals surface area contributed by atoms with Gasteiger partial charge in [0.25, 0.3) is 0 Å². The Balaban J connectivity index is 1.71. The van der Waals surface area contributed by atoms with Crippen molar-refractivity contribution in [1.29, 1.82) is 0 Å². The first-order valence-corrected chi connectivity index (χ1v) is 14.1. The fourth-order valence-electron chi connectivity index (χ4n) is 4.28. The molecule has 0 amide bonds. The molecule has 0 radical (unpaired) electrons. The molecule has 4 rings (SSSR count). The van der Waals surface area contributed by atoms with Crippen LogP contribution in [0.15, 0.2) is 107 Å². The first-order chi connectivity index (χ1) is 18.5. The van der Waals surface area contributed by atoms with Crippen molar-refractivity contribution >= 4 is 11.2 Å². The Morgan fingerprint density at radius 3 is 1.37 bits per heavy atom. The summed E-state index contributed by atoms with van der Waals surface area (Å²) in [5, 5.41) is 22.0. The van der Waals surface area contributed by atoms with Crippen molar-refractivity contribution in [1.82, 2.24) is 0 Å². The Bertz CT molecular complexity index is 1200. The zero-order valence-electron chi connectivity index (χ0n) is 21.7. The third kappa shape index (κ3) is 6.58. The van der Waals surface area contributed by atoms with Crippen molar-refractivity contribution in [3.8, 4) is 11.5 Å². The minimum atomic E-state index is -1.71. The molecule has 0 fully saturated rings. The summed E-state index contributed by atoms with van der Waals surface area (Å²) in [7, 11) is 0. The van der Waals surface area contributed by atoms with E-state index in [1.54, 1.807) is 36.4 Å². The molecule has 0 heterocycles. The molecule has 38 heavy (non-hydrogen) atoms. The van der Waals surface area contributed by atoms with Gasteiger partial charge in [0.15, 0.2) is 9.79 Å². The summed E-state index contributed by atoms with van der Waals surface area (Å²) in [5.41, 5.74) is 2.98. The average molecular weight is 531 g/mol. The van der Waals surface area contributed by atoms with Crippen LogP contribution in [-0.2, 0) is 24.4 Å². The summed E-state index contributed by atoms with van der Waals surface area (Å²) in [4.78, 5) is 0.907. The minimum Gasteiger partial charge on any atom is -0.606 e. The molecule has 2 atom stereocenters. The maximum Gasteiger partial charge on any atom is 0.168 e. The molecule has 2 N–H and O–H groups in total. The van der Waals surface area contributed by atoms with Gasteiger partial charge in [0.2, 0.25) is 0 Å². The molecule has 0 spiro atoms. The first kappa shape index (κ1) is 27.7. The molecule has 0 aliphatic rings. The topological polar surface area (TPSA) is 82.0 Å². The second-order valence-electron chi connectivity index (χ2n) is 9.00. The van der Waals surface area contributed by atoms with Crippen LogP contribution in [0.3, 0.4) is 0 Å². The van der Waals surface area contributed by atoms with Crippen LogP contribution < -0.4 is 9.47 Å². The maximum atomic E-state index is 14.2.